The first kappa shape index (κ1) is 16.9. The Labute approximate surface area is 133 Å². The summed E-state index contributed by atoms with van der Waals surface area (Å²) in [5.74, 6) is 1.26. The lowest BCUT2D eigenvalue weighted by atomic mass is 10.0. The molecule has 0 aromatic carbocycles. The van der Waals surface area contributed by atoms with Gasteiger partial charge < -0.3 is 10.1 Å². The molecule has 1 N–H and O–H groups in total. The van der Waals surface area contributed by atoms with E-state index in [1.807, 2.05) is 11.3 Å². The van der Waals surface area contributed by atoms with Crippen LogP contribution >= 0.6 is 11.3 Å². The number of hydrogen-bond donors (Lipinski definition) is 1. The monoisotopic (exact) mass is 310 g/mol. The van der Waals surface area contributed by atoms with E-state index in [0.29, 0.717) is 11.8 Å². The molecule has 0 aliphatic carbocycles. The molecule has 1 fully saturated rings. The molecule has 0 amide bonds. The minimum Gasteiger partial charge on any atom is -0.381 e. The Kier molecular flexibility index (Phi) is 5.81. The topological polar surface area (TPSA) is 34.1 Å². The fourth-order valence-corrected chi connectivity index (χ4v) is 3.75. The summed E-state index contributed by atoms with van der Waals surface area (Å²) in [7, 11) is 0. The second kappa shape index (κ2) is 7.21. The maximum absolute atomic E-state index is 5.48. The van der Waals surface area contributed by atoms with Crippen LogP contribution in [0.15, 0.2) is 0 Å². The zero-order chi connectivity index (χ0) is 15.5. The van der Waals surface area contributed by atoms with Gasteiger partial charge in [-0.15, -0.1) is 11.3 Å². The summed E-state index contributed by atoms with van der Waals surface area (Å²) in [6.45, 7) is 13.9. The number of nitrogens with zero attached hydrogens (tertiary/aromatic N) is 1. The average Bonchev–Trinajstić information content (AvgIpc) is 2.79. The Balaban J connectivity index is 2.13. The molecule has 0 saturated carbocycles. The predicted octanol–water partition coefficient (Wildman–Crippen LogP) is 4.12. The van der Waals surface area contributed by atoms with Crippen molar-refractivity contribution in [3.05, 3.63) is 15.6 Å². The molecule has 1 aromatic rings. The van der Waals surface area contributed by atoms with E-state index >= 15 is 0 Å². The zero-order valence-corrected chi connectivity index (χ0v) is 15.0. The van der Waals surface area contributed by atoms with Gasteiger partial charge in [-0.1, -0.05) is 13.8 Å². The molecule has 21 heavy (non-hydrogen) atoms. The van der Waals surface area contributed by atoms with Gasteiger partial charge in [0.1, 0.15) is 0 Å². The first-order valence-electron chi connectivity index (χ1n) is 8.16. The van der Waals surface area contributed by atoms with E-state index in [-0.39, 0.29) is 5.54 Å². The maximum Gasteiger partial charge on any atom is 0.0964 e. The van der Waals surface area contributed by atoms with E-state index < -0.39 is 0 Å². The van der Waals surface area contributed by atoms with E-state index in [2.05, 4.69) is 39.9 Å². The third-order valence-corrected chi connectivity index (χ3v) is 5.01. The molecule has 0 bridgehead atoms. The number of rotatable bonds is 5. The third kappa shape index (κ3) is 5.35. The maximum atomic E-state index is 5.48. The Morgan fingerprint density at radius 2 is 1.95 bits per heavy atom. The van der Waals surface area contributed by atoms with Crippen LogP contribution in [0, 0.1) is 5.92 Å². The number of thiazole rings is 1. The van der Waals surface area contributed by atoms with Crippen molar-refractivity contribution < 1.29 is 4.74 Å². The first-order valence-corrected chi connectivity index (χ1v) is 8.98. The second-order valence-electron chi connectivity index (χ2n) is 7.51. The van der Waals surface area contributed by atoms with Gasteiger partial charge in [0, 0.05) is 36.1 Å². The van der Waals surface area contributed by atoms with Gasteiger partial charge in [0.25, 0.3) is 0 Å². The number of aromatic nitrogens is 1. The molecule has 2 rings (SSSR count). The number of ether oxygens (including phenoxy) is 1. The van der Waals surface area contributed by atoms with Gasteiger partial charge in [-0.3, -0.25) is 0 Å². The average molecular weight is 311 g/mol. The minimum absolute atomic E-state index is 0.151. The molecular weight excluding hydrogens is 280 g/mol. The quantitative estimate of drug-likeness (QED) is 0.888. The summed E-state index contributed by atoms with van der Waals surface area (Å²) >= 11 is 1.92. The highest BCUT2D eigenvalue weighted by Gasteiger charge is 2.22. The smallest absolute Gasteiger partial charge is 0.0964 e. The standard InChI is InChI=1S/C17H30N2OS/c1-12(2)10-14-15(11-18-17(3,4)5)21-16(19-14)13-6-8-20-9-7-13/h12-13,18H,6-11H2,1-5H3. The van der Waals surface area contributed by atoms with Gasteiger partial charge in [-0.25, -0.2) is 4.98 Å². The fraction of sp³-hybridized carbons (Fsp3) is 0.824. The van der Waals surface area contributed by atoms with E-state index in [1.165, 1.54) is 15.6 Å². The molecule has 0 spiro atoms. The lowest BCUT2D eigenvalue weighted by molar-refractivity contribution is 0.0852. The molecule has 0 unspecified atom stereocenters. The largest absolute Gasteiger partial charge is 0.381 e. The van der Waals surface area contributed by atoms with Gasteiger partial charge >= 0.3 is 0 Å². The van der Waals surface area contributed by atoms with Crippen LogP contribution in [0.5, 0.6) is 0 Å². The van der Waals surface area contributed by atoms with Crippen LogP contribution in [0.25, 0.3) is 0 Å². The molecule has 120 valence electrons. The molecule has 2 heterocycles. The summed E-state index contributed by atoms with van der Waals surface area (Å²) in [4.78, 5) is 6.43. The summed E-state index contributed by atoms with van der Waals surface area (Å²) in [6.07, 6.45) is 3.34. The molecular formula is C17H30N2OS. The van der Waals surface area contributed by atoms with E-state index in [0.717, 1.165) is 39.0 Å². The normalized spacial score (nSPS) is 17.6. The van der Waals surface area contributed by atoms with E-state index in [1.54, 1.807) is 0 Å². The molecule has 0 atom stereocenters. The summed E-state index contributed by atoms with van der Waals surface area (Å²) in [6, 6.07) is 0. The number of hydrogen-bond acceptors (Lipinski definition) is 4. The molecule has 4 heteroatoms. The van der Waals surface area contributed by atoms with Crippen molar-refractivity contribution in [1.82, 2.24) is 10.3 Å². The van der Waals surface area contributed by atoms with Gasteiger partial charge in [0.05, 0.1) is 10.7 Å². The van der Waals surface area contributed by atoms with Crippen LogP contribution in [-0.4, -0.2) is 23.7 Å². The lowest BCUT2D eigenvalue weighted by Gasteiger charge is -2.20. The van der Waals surface area contributed by atoms with Crippen molar-refractivity contribution >= 4 is 11.3 Å². The molecule has 1 aromatic heterocycles. The van der Waals surface area contributed by atoms with Crippen LogP contribution in [-0.2, 0) is 17.7 Å². The molecule has 1 saturated heterocycles. The van der Waals surface area contributed by atoms with Crippen LogP contribution in [0.2, 0.25) is 0 Å². The minimum atomic E-state index is 0.151. The molecule has 3 nitrogen and oxygen atoms in total. The van der Waals surface area contributed by atoms with Crippen molar-refractivity contribution in [1.29, 1.82) is 0 Å². The second-order valence-corrected chi connectivity index (χ2v) is 8.63. The summed E-state index contributed by atoms with van der Waals surface area (Å²) in [5.41, 5.74) is 1.46. The predicted molar refractivity (Wildman–Crippen MR) is 90.0 cm³/mol. The first-order chi connectivity index (χ1) is 9.85. The van der Waals surface area contributed by atoms with Gasteiger partial charge in [-0.05, 0) is 46.0 Å². The van der Waals surface area contributed by atoms with Crippen molar-refractivity contribution in [2.75, 3.05) is 13.2 Å². The number of nitrogens with one attached hydrogen (secondary N) is 1. The van der Waals surface area contributed by atoms with E-state index in [9.17, 15) is 0 Å². The Morgan fingerprint density at radius 3 is 2.52 bits per heavy atom. The van der Waals surface area contributed by atoms with Gasteiger partial charge in [0.15, 0.2) is 0 Å². The van der Waals surface area contributed by atoms with Crippen LogP contribution < -0.4 is 5.32 Å². The zero-order valence-electron chi connectivity index (χ0n) is 14.2. The fourth-order valence-electron chi connectivity index (χ4n) is 2.55. The van der Waals surface area contributed by atoms with Crippen LogP contribution in [0.4, 0.5) is 0 Å². The SMILES string of the molecule is CC(C)Cc1nc(C2CCOCC2)sc1CNC(C)(C)C. The van der Waals surface area contributed by atoms with Gasteiger partial charge in [0.2, 0.25) is 0 Å². The van der Waals surface area contributed by atoms with Crippen molar-refractivity contribution in [2.45, 2.75) is 71.9 Å². The summed E-state index contributed by atoms with van der Waals surface area (Å²) in [5, 5.41) is 4.95. The molecule has 1 aliphatic rings. The lowest BCUT2D eigenvalue weighted by Crippen LogP contribution is -2.35. The van der Waals surface area contributed by atoms with Gasteiger partial charge in [-0.2, -0.15) is 0 Å². The third-order valence-electron chi connectivity index (χ3n) is 3.75. The van der Waals surface area contributed by atoms with Crippen molar-refractivity contribution in [3.8, 4) is 0 Å². The Hall–Kier alpha value is -0.450. The summed E-state index contributed by atoms with van der Waals surface area (Å²) < 4.78 is 5.48. The molecule has 0 radical (unpaired) electrons. The molecule has 1 aliphatic heterocycles. The Morgan fingerprint density at radius 1 is 1.29 bits per heavy atom. The van der Waals surface area contributed by atoms with Crippen molar-refractivity contribution in [2.24, 2.45) is 5.92 Å². The van der Waals surface area contributed by atoms with E-state index in [4.69, 9.17) is 9.72 Å². The van der Waals surface area contributed by atoms with Crippen LogP contribution in [0.1, 0.15) is 69.0 Å². The highest BCUT2D eigenvalue weighted by molar-refractivity contribution is 7.11. The van der Waals surface area contributed by atoms with Crippen LogP contribution in [0.3, 0.4) is 0 Å². The Bertz CT molecular complexity index is 442. The van der Waals surface area contributed by atoms with Crippen molar-refractivity contribution in [3.63, 3.8) is 0 Å². The highest BCUT2D eigenvalue weighted by atomic mass is 32.1. The highest BCUT2D eigenvalue weighted by Crippen LogP contribution is 2.33.